The topological polar surface area (TPSA) is 98.7 Å². The number of anilines is 3. The van der Waals surface area contributed by atoms with Crippen LogP contribution in [0.3, 0.4) is 0 Å². The number of halogens is 5. The summed E-state index contributed by atoms with van der Waals surface area (Å²) in [7, 11) is 1.42. The summed E-state index contributed by atoms with van der Waals surface area (Å²) in [5, 5.41) is 15.3. The van der Waals surface area contributed by atoms with E-state index in [1.807, 2.05) is 0 Å². The van der Waals surface area contributed by atoms with Crippen LogP contribution >= 0.6 is 62.3 Å². The maximum Gasteiger partial charge on any atom is 0.411 e. The molecule has 3 amide bonds. The van der Waals surface area contributed by atoms with Crippen LogP contribution in [0.25, 0.3) is 0 Å². The molecule has 0 spiro atoms. The molecule has 2 atom stereocenters. The third-order valence-electron chi connectivity index (χ3n) is 6.25. The molecule has 7 nitrogen and oxygen atoms in total. The summed E-state index contributed by atoms with van der Waals surface area (Å²) in [5.41, 5.74) is 2.78. The first-order valence-electron chi connectivity index (χ1n) is 11.1. The van der Waals surface area contributed by atoms with E-state index in [9.17, 15) is 14.4 Å². The summed E-state index contributed by atoms with van der Waals surface area (Å²) in [6.45, 7) is 1.74. The quantitative estimate of drug-likeness (QED) is 0.234. The lowest BCUT2D eigenvalue weighted by molar-refractivity contribution is -0.117. The van der Waals surface area contributed by atoms with Crippen LogP contribution in [0.4, 0.5) is 21.9 Å². The summed E-state index contributed by atoms with van der Waals surface area (Å²) in [5.74, 6) is -2.12. The normalized spacial score (nSPS) is 17.4. The van der Waals surface area contributed by atoms with Crippen LogP contribution in [-0.4, -0.2) is 34.4 Å². The molecule has 1 aliphatic carbocycles. The van der Waals surface area contributed by atoms with Gasteiger partial charge in [0, 0.05) is 34.5 Å². The fourth-order valence-electron chi connectivity index (χ4n) is 4.07. The van der Waals surface area contributed by atoms with Crippen molar-refractivity contribution in [2.45, 2.75) is 17.2 Å². The number of benzene rings is 3. The minimum atomic E-state index is -1.31. The van der Waals surface area contributed by atoms with E-state index in [-0.39, 0.29) is 10.6 Å². The monoisotopic (exact) mass is 657 g/mol. The molecule has 4 rings (SSSR count). The molecule has 1 aliphatic rings. The number of nitrogens with one attached hydrogen (secondary N) is 2. The summed E-state index contributed by atoms with van der Waals surface area (Å²) in [6, 6.07) is 14.6. The molecule has 3 N–H and O–H groups in total. The van der Waals surface area contributed by atoms with Crippen molar-refractivity contribution in [1.82, 2.24) is 0 Å². The van der Waals surface area contributed by atoms with Crippen LogP contribution in [0.2, 0.25) is 10.0 Å². The number of carbonyl (C=O) groups is 3. The predicted octanol–water partition coefficient (Wildman–Crippen LogP) is 7.96. The molecule has 1 saturated carbocycles. The number of alkyl halides is 2. The zero-order chi connectivity index (χ0) is 27.9. The van der Waals surface area contributed by atoms with Gasteiger partial charge in [-0.05, 0) is 82.5 Å². The number of nitrogens with zero attached hydrogens (tertiary/aromatic N) is 1. The van der Waals surface area contributed by atoms with Gasteiger partial charge in [0.2, 0.25) is 5.91 Å². The van der Waals surface area contributed by atoms with Gasteiger partial charge in [0.05, 0.1) is 21.5 Å². The molecule has 198 valence electrons. The zero-order valence-electron chi connectivity index (χ0n) is 19.9. The molecule has 3 aromatic rings. The van der Waals surface area contributed by atoms with E-state index >= 15 is 0 Å². The number of hydrogen-bond acceptors (Lipinski definition) is 3. The Morgan fingerprint density at radius 2 is 1.68 bits per heavy atom. The van der Waals surface area contributed by atoms with Crippen molar-refractivity contribution in [3.05, 3.63) is 85.8 Å². The van der Waals surface area contributed by atoms with Gasteiger partial charge < -0.3 is 15.7 Å². The second kappa shape index (κ2) is 10.9. The molecule has 0 heterocycles. The fraction of sp³-hybridized carbons (Fsp3) is 0.192. The standard InChI is InChI=1S/C26H20BrCl4N3O4/c1-12-9-15(34(2)25(37)38)5-8-20(12)33-23(35)16-11-14(4-7-18(16)28)32-24(36)22-21(26(22,30)31)13-3-6-17(27)19(29)10-13/h3-11,21-22H,1-2H3,(H,32,36)(H,33,35)(H,37,38). The Morgan fingerprint density at radius 1 is 0.974 bits per heavy atom. The molecule has 0 radical (unpaired) electrons. The first-order chi connectivity index (χ1) is 17.8. The number of rotatable bonds is 6. The van der Waals surface area contributed by atoms with Gasteiger partial charge in [-0.15, -0.1) is 23.2 Å². The average molecular weight is 660 g/mol. The van der Waals surface area contributed by atoms with E-state index in [1.54, 1.807) is 49.4 Å². The molecule has 0 saturated heterocycles. The van der Waals surface area contributed by atoms with E-state index in [0.717, 1.165) is 10.5 Å². The summed E-state index contributed by atoms with van der Waals surface area (Å²) in [4.78, 5) is 38.3. The minimum absolute atomic E-state index is 0.130. The Balaban J connectivity index is 1.49. The van der Waals surface area contributed by atoms with E-state index in [2.05, 4.69) is 26.6 Å². The van der Waals surface area contributed by atoms with Crippen molar-refractivity contribution >= 4 is 97.3 Å². The lowest BCUT2D eigenvalue weighted by Crippen LogP contribution is -2.24. The second-order valence-electron chi connectivity index (χ2n) is 8.78. The third kappa shape index (κ3) is 5.75. The van der Waals surface area contributed by atoms with Gasteiger partial charge in [-0.25, -0.2) is 4.79 Å². The molecule has 1 fully saturated rings. The Kier molecular flexibility index (Phi) is 8.21. The summed E-state index contributed by atoms with van der Waals surface area (Å²) >= 11 is 28.7. The molecular weight excluding hydrogens is 640 g/mol. The molecule has 0 aromatic heterocycles. The van der Waals surface area contributed by atoms with Crippen molar-refractivity contribution in [1.29, 1.82) is 0 Å². The van der Waals surface area contributed by atoms with Crippen LogP contribution in [0.1, 0.15) is 27.4 Å². The maximum absolute atomic E-state index is 13.1. The molecular formula is C26H20BrCl4N3O4. The number of amides is 3. The number of hydrogen-bond donors (Lipinski definition) is 3. The highest BCUT2D eigenvalue weighted by molar-refractivity contribution is 9.10. The molecule has 38 heavy (non-hydrogen) atoms. The largest absolute Gasteiger partial charge is 0.465 e. The molecule has 0 bridgehead atoms. The third-order valence-corrected chi connectivity index (χ3v) is 8.75. The van der Waals surface area contributed by atoms with Gasteiger partial charge in [0.1, 0.15) is 4.33 Å². The first-order valence-corrected chi connectivity index (χ1v) is 13.4. The van der Waals surface area contributed by atoms with Gasteiger partial charge >= 0.3 is 6.09 Å². The SMILES string of the molecule is Cc1cc(N(C)C(=O)O)ccc1NC(=O)c1cc(NC(=O)C2C(c3ccc(Br)c(Cl)c3)C2(Cl)Cl)ccc1Cl. The van der Waals surface area contributed by atoms with Crippen LogP contribution in [0.5, 0.6) is 0 Å². The molecule has 3 aromatic carbocycles. The highest BCUT2D eigenvalue weighted by Gasteiger charge is 2.67. The van der Waals surface area contributed by atoms with Crippen molar-refractivity contribution in [3.63, 3.8) is 0 Å². The van der Waals surface area contributed by atoms with E-state index in [0.29, 0.717) is 32.1 Å². The summed E-state index contributed by atoms with van der Waals surface area (Å²) in [6.07, 6.45) is -1.11. The fourth-order valence-corrected chi connectivity index (χ4v) is 5.53. The van der Waals surface area contributed by atoms with Crippen LogP contribution < -0.4 is 15.5 Å². The van der Waals surface area contributed by atoms with Gasteiger partial charge in [-0.2, -0.15) is 0 Å². The summed E-state index contributed by atoms with van der Waals surface area (Å²) < 4.78 is -0.600. The Morgan fingerprint density at radius 3 is 2.32 bits per heavy atom. The zero-order valence-corrected chi connectivity index (χ0v) is 24.5. The Labute approximate surface area is 247 Å². The van der Waals surface area contributed by atoms with E-state index in [4.69, 9.17) is 51.5 Å². The van der Waals surface area contributed by atoms with Crippen molar-refractivity contribution in [3.8, 4) is 0 Å². The number of aryl methyl sites for hydroxylation is 1. The highest BCUT2D eigenvalue weighted by atomic mass is 79.9. The van der Waals surface area contributed by atoms with E-state index in [1.165, 1.54) is 19.2 Å². The van der Waals surface area contributed by atoms with E-state index < -0.39 is 34.1 Å². The predicted molar refractivity (Wildman–Crippen MR) is 155 cm³/mol. The highest BCUT2D eigenvalue weighted by Crippen LogP contribution is 2.65. The number of carbonyl (C=O) groups excluding carboxylic acids is 2. The minimum Gasteiger partial charge on any atom is -0.465 e. The Bertz CT molecular complexity index is 1470. The Hall–Kier alpha value is -2.49. The molecule has 12 heteroatoms. The smallest absolute Gasteiger partial charge is 0.411 e. The maximum atomic E-state index is 13.1. The van der Waals surface area contributed by atoms with Gasteiger partial charge in [-0.1, -0.05) is 29.3 Å². The van der Waals surface area contributed by atoms with Crippen molar-refractivity contribution in [2.75, 3.05) is 22.6 Å². The lowest BCUT2D eigenvalue weighted by atomic mass is 10.1. The van der Waals surface area contributed by atoms with Gasteiger partial charge in [-0.3, -0.25) is 14.5 Å². The lowest BCUT2D eigenvalue weighted by Gasteiger charge is -2.16. The van der Waals surface area contributed by atoms with Crippen molar-refractivity contribution in [2.24, 2.45) is 5.92 Å². The van der Waals surface area contributed by atoms with Crippen LogP contribution in [0, 0.1) is 12.8 Å². The average Bonchev–Trinajstić information content (AvgIpc) is 3.44. The van der Waals surface area contributed by atoms with Gasteiger partial charge in [0.15, 0.2) is 0 Å². The van der Waals surface area contributed by atoms with Crippen LogP contribution in [-0.2, 0) is 4.79 Å². The number of carboxylic acid groups (broad SMARTS) is 1. The van der Waals surface area contributed by atoms with Gasteiger partial charge in [0.25, 0.3) is 5.91 Å². The molecule has 0 aliphatic heterocycles. The van der Waals surface area contributed by atoms with Crippen LogP contribution in [0.15, 0.2) is 59.1 Å². The first kappa shape index (κ1) is 28.5. The second-order valence-corrected chi connectivity index (χ2v) is 11.9. The van der Waals surface area contributed by atoms with Crippen molar-refractivity contribution < 1.29 is 19.5 Å². The molecule has 2 unspecified atom stereocenters.